The number of amides is 2. The third kappa shape index (κ3) is 6.84. The standard InChI is InChI=1S/C35H45N7O2/c1-25-24-36-15-16-42(25)34(43)37-28-11-13-29(14-12-28)44-22-21-40-17-19-41(20-18-40)31-10-6-9-30-32(31)39-33(38-30)26-7-5-8-27(23-26)35(2,3)4/h5-14,23,25,36H,15-22,24H2,1-4H3,(H,37,43)(H,38,39). The highest BCUT2D eigenvalue weighted by molar-refractivity contribution is 5.91. The minimum absolute atomic E-state index is 0.0540. The van der Waals surface area contributed by atoms with Gasteiger partial charge in [0.2, 0.25) is 0 Å². The van der Waals surface area contributed by atoms with Crippen LogP contribution in [0.2, 0.25) is 0 Å². The lowest BCUT2D eigenvalue weighted by Crippen LogP contribution is -2.53. The third-order valence-corrected chi connectivity index (χ3v) is 8.75. The fourth-order valence-electron chi connectivity index (χ4n) is 6.02. The molecule has 2 aliphatic heterocycles. The first-order chi connectivity index (χ1) is 21.2. The zero-order valence-corrected chi connectivity index (χ0v) is 26.4. The number of imidazole rings is 1. The summed E-state index contributed by atoms with van der Waals surface area (Å²) in [5.41, 5.74) is 6.57. The van der Waals surface area contributed by atoms with Crippen molar-refractivity contribution in [2.75, 3.05) is 69.2 Å². The maximum Gasteiger partial charge on any atom is 0.322 e. The van der Waals surface area contributed by atoms with E-state index in [1.165, 1.54) is 11.3 Å². The maximum atomic E-state index is 12.6. The van der Waals surface area contributed by atoms with Crippen molar-refractivity contribution in [1.82, 2.24) is 25.1 Å². The average molecular weight is 596 g/mol. The largest absolute Gasteiger partial charge is 0.492 e. The van der Waals surface area contributed by atoms with E-state index in [1.54, 1.807) is 0 Å². The summed E-state index contributed by atoms with van der Waals surface area (Å²) >= 11 is 0. The number of piperazine rings is 2. The number of rotatable bonds is 7. The molecule has 0 radical (unpaired) electrons. The molecule has 2 fully saturated rings. The molecule has 9 nitrogen and oxygen atoms in total. The highest BCUT2D eigenvalue weighted by Crippen LogP contribution is 2.31. The molecule has 0 saturated carbocycles. The topological polar surface area (TPSA) is 88.8 Å². The Morgan fingerprint density at radius 2 is 1.77 bits per heavy atom. The van der Waals surface area contributed by atoms with E-state index in [4.69, 9.17) is 9.72 Å². The van der Waals surface area contributed by atoms with Crippen LogP contribution < -0.4 is 20.3 Å². The highest BCUT2D eigenvalue weighted by atomic mass is 16.5. The van der Waals surface area contributed by atoms with E-state index in [9.17, 15) is 4.79 Å². The van der Waals surface area contributed by atoms with Crippen molar-refractivity contribution in [3.8, 4) is 17.1 Å². The molecule has 3 aromatic carbocycles. The van der Waals surface area contributed by atoms with Crippen LogP contribution in [0.4, 0.5) is 16.2 Å². The van der Waals surface area contributed by atoms with E-state index in [1.807, 2.05) is 29.2 Å². The van der Waals surface area contributed by atoms with Gasteiger partial charge in [0, 0.05) is 69.7 Å². The van der Waals surface area contributed by atoms with E-state index in [0.717, 1.165) is 86.2 Å². The number of aromatic nitrogens is 2. The average Bonchev–Trinajstić information content (AvgIpc) is 3.47. The molecule has 0 spiro atoms. The molecule has 2 amide bonds. The third-order valence-electron chi connectivity index (χ3n) is 8.75. The predicted molar refractivity (Wildman–Crippen MR) is 179 cm³/mol. The lowest BCUT2D eigenvalue weighted by Gasteiger charge is -2.36. The Bertz CT molecular complexity index is 1570. The molecule has 1 atom stereocenters. The van der Waals surface area contributed by atoms with Gasteiger partial charge in [-0.15, -0.1) is 0 Å². The lowest BCUT2D eigenvalue weighted by atomic mass is 9.86. The van der Waals surface area contributed by atoms with E-state index in [-0.39, 0.29) is 17.5 Å². The van der Waals surface area contributed by atoms with Crippen LogP contribution in [0.25, 0.3) is 22.4 Å². The minimum Gasteiger partial charge on any atom is -0.492 e. The fraction of sp³-hybridized carbons (Fsp3) is 0.429. The zero-order valence-electron chi connectivity index (χ0n) is 26.4. The van der Waals surface area contributed by atoms with Crippen molar-refractivity contribution in [2.45, 2.75) is 39.2 Å². The van der Waals surface area contributed by atoms with Gasteiger partial charge in [-0.1, -0.05) is 45.0 Å². The molecule has 9 heteroatoms. The number of ether oxygens (including phenoxy) is 1. The molecule has 0 bridgehead atoms. The van der Waals surface area contributed by atoms with Gasteiger partial charge in [0.05, 0.1) is 11.2 Å². The van der Waals surface area contributed by atoms with Gasteiger partial charge in [0.15, 0.2) is 0 Å². The lowest BCUT2D eigenvalue weighted by molar-refractivity contribution is 0.177. The summed E-state index contributed by atoms with van der Waals surface area (Å²) in [6.07, 6.45) is 0. The maximum absolute atomic E-state index is 12.6. The molecule has 2 aliphatic rings. The van der Waals surface area contributed by atoms with E-state index >= 15 is 0 Å². The fourth-order valence-corrected chi connectivity index (χ4v) is 6.02. The number of carbonyl (C=O) groups excluding carboxylic acids is 1. The normalized spacial score (nSPS) is 18.0. The monoisotopic (exact) mass is 595 g/mol. The SMILES string of the molecule is CC1CNCCN1C(=O)Nc1ccc(OCCN2CCN(c3cccc4[nH]c(-c5cccc(C(C)(C)C)c5)nc34)CC2)cc1. The molecule has 4 aromatic rings. The number of para-hydroxylation sites is 1. The Morgan fingerprint density at radius 1 is 1.00 bits per heavy atom. The second-order valence-electron chi connectivity index (χ2n) is 13.0. The summed E-state index contributed by atoms with van der Waals surface area (Å²) in [6, 6.07) is 22.9. The molecule has 1 unspecified atom stereocenters. The number of urea groups is 1. The molecular weight excluding hydrogens is 550 g/mol. The van der Waals surface area contributed by atoms with Crippen LogP contribution in [0.3, 0.4) is 0 Å². The summed E-state index contributed by atoms with van der Waals surface area (Å²) in [4.78, 5) is 28.0. The van der Waals surface area contributed by atoms with Gasteiger partial charge >= 0.3 is 6.03 Å². The first-order valence-electron chi connectivity index (χ1n) is 15.8. The number of fused-ring (bicyclic) bond motifs is 1. The van der Waals surface area contributed by atoms with Gasteiger partial charge in [-0.05, 0) is 60.4 Å². The van der Waals surface area contributed by atoms with Gasteiger partial charge in [-0.25, -0.2) is 9.78 Å². The highest BCUT2D eigenvalue weighted by Gasteiger charge is 2.23. The number of aromatic amines is 1. The summed E-state index contributed by atoms with van der Waals surface area (Å²) in [6.45, 7) is 16.5. The van der Waals surface area contributed by atoms with Crippen molar-refractivity contribution < 1.29 is 9.53 Å². The van der Waals surface area contributed by atoms with Crippen molar-refractivity contribution in [3.63, 3.8) is 0 Å². The second-order valence-corrected chi connectivity index (χ2v) is 13.0. The predicted octanol–water partition coefficient (Wildman–Crippen LogP) is 5.55. The Hall–Kier alpha value is -4.08. The molecule has 1 aromatic heterocycles. The first kappa shape index (κ1) is 30.0. The molecule has 232 valence electrons. The quantitative estimate of drug-likeness (QED) is 0.260. The van der Waals surface area contributed by atoms with E-state index < -0.39 is 0 Å². The van der Waals surface area contributed by atoms with Crippen molar-refractivity contribution in [1.29, 1.82) is 0 Å². The number of hydrogen-bond acceptors (Lipinski definition) is 6. The number of benzene rings is 3. The summed E-state index contributed by atoms with van der Waals surface area (Å²) < 4.78 is 6.04. The first-order valence-corrected chi connectivity index (χ1v) is 15.8. The summed E-state index contributed by atoms with van der Waals surface area (Å²) in [5, 5.41) is 6.32. The van der Waals surface area contributed by atoms with Crippen LogP contribution in [0.15, 0.2) is 66.7 Å². The smallest absolute Gasteiger partial charge is 0.322 e. The number of anilines is 2. The molecule has 3 N–H and O–H groups in total. The number of hydrogen-bond donors (Lipinski definition) is 3. The Labute approximate surface area is 260 Å². The van der Waals surface area contributed by atoms with Crippen molar-refractivity contribution >= 4 is 28.4 Å². The van der Waals surface area contributed by atoms with Crippen LogP contribution in [-0.4, -0.2) is 90.8 Å². The van der Waals surface area contributed by atoms with E-state index in [2.05, 4.69) is 95.6 Å². The number of nitrogens with one attached hydrogen (secondary N) is 3. The van der Waals surface area contributed by atoms with Gasteiger partial charge < -0.3 is 30.2 Å². The van der Waals surface area contributed by atoms with Crippen LogP contribution in [-0.2, 0) is 5.41 Å². The van der Waals surface area contributed by atoms with Crippen molar-refractivity contribution in [2.24, 2.45) is 0 Å². The van der Waals surface area contributed by atoms with Crippen LogP contribution in [0, 0.1) is 0 Å². The van der Waals surface area contributed by atoms with Crippen LogP contribution in [0.5, 0.6) is 5.75 Å². The molecule has 44 heavy (non-hydrogen) atoms. The molecular formula is C35H45N7O2. The molecule has 0 aliphatic carbocycles. The van der Waals surface area contributed by atoms with Crippen LogP contribution in [0.1, 0.15) is 33.3 Å². The number of carbonyl (C=O) groups is 1. The van der Waals surface area contributed by atoms with Gasteiger partial charge in [0.25, 0.3) is 0 Å². The van der Waals surface area contributed by atoms with E-state index in [0.29, 0.717) is 6.61 Å². The Balaban J connectivity index is 0.997. The Kier molecular flexibility index (Phi) is 8.77. The summed E-state index contributed by atoms with van der Waals surface area (Å²) in [5.74, 6) is 1.73. The van der Waals surface area contributed by atoms with Gasteiger partial charge in [-0.3, -0.25) is 4.90 Å². The Morgan fingerprint density at radius 3 is 2.52 bits per heavy atom. The summed E-state index contributed by atoms with van der Waals surface area (Å²) in [7, 11) is 0. The zero-order chi connectivity index (χ0) is 30.7. The minimum atomic E-state index is -0.0540. The number of nitrogens with zero attached hydrogens (tertiary/aromatic N) is 4. The van der Waals surface area contributed by atoms with Gasteiger partial charge in [0.1, 0.15) is 23.7 Å². The number of H-pyrrole nitrogens is 1. The molecule has 6 rings (SSSR count). The van der Waals surface area contributed by atoms with Gasteiger partial charge in [-0.2, -0.15) is 0 Å². The van der Waals surface area contributed by atoms with Crippen molar-refractivity contribution in [3.05, 3.63) is 72.3 Å². The molecule has 2 saturated heterocycles. The second kappa shape index (κ2) is 12.9. The molecule has 3 heterocycles. The van der Waals surface area contributed by atoms with Crippen LogP contribution >= 0.6 is 0 Å².